The van der Waals surface area contributed by atoms with E-state index in [4.69, 9.17) is 9.16 Å². The molecule has 0 aromatic rings. The molecule has 3 fully saturated rings. The molecule has 0 N–H and O–H groups in total. The van der Waals surface area contributed by atoms with E-state index in [1.165, 1.54) is 44.9 Å². The Morgan fingerprint density at radius 2 is 1.89 bits per heavy atom. The first-order valence-corrected chi connectivity index (χ1v) is 18.0. The SMILES string of the molecule is CCOC(=O)/C(C)=C/[C@@H](C)[C@H]1CC[C@H]2/C(=C/C=C3/C[C@@H](C)C[C@H](O[Si](C)(C)C(C)(C)C)C3)CCC[C@]12C. The molecule has 6 atom stereocenters. The smallest absolute Gasteiger partial charge is 0.333 e. The van der Waals surface area contributed by atoms with E-state index in [0.717, 1.165) is 12.0 Å². The van der Waals surface area contributed by atoms with E-state index in [0.29, 0.717) is 41.8 Å². The summed E-state index contributed by atoms with van der Waals surface area (Å²) in [6, 6.07) is 0. The van der Waals surface area contributed by atoms with Gasteiger partial charge in [-0.25, -0.2) is 4.79 Å². The molecule has 0 heterocycles. The molecule has 0 spiro atoms. The number of carbonyl (C=O) groups is 1. The minimum Gasteiger partial charge on any atom is -0.463 e. The molecule has 3 aliphatic rings. The number of esters is 1. The molecule has 3 aliphatic carbocycles. The van der Waals surface area contributed by atoms with Gasteiger partial charge in [0.05, 0.1) is 6.61 Å². The second kappa shape index (κ2) is 11.9. The van der Waals surface area contributed by atoms with Crippen LogP contribution in [0.5, 0.6) is 0 Å². The zero-order chi connectivity index (χ0) is 27.6. The van der Waals surface area contributed by atoms with Crippen molar-refractivity contribution in [3.05, 3.63) is 34.9 Å². The fourth-order valence-electron chi connectivity index (χ4n) is 7.45. The molecular weight excluding hydrogens is 472 g/mol. The van der Waals surface area contributed by atoms with Gasteiger partial charge in [-0.2, -0.15) is 0 Å². The molecule has 0 amide bonds. The summed E-state index contributed by atoms with van der Waals surface area (Å²) in [5.41, 5.74) is 4.33. The third-order valence-corrected chi connectivity index (χ3v) is 14.9. The van der Waals surface area contributed by atoms with Gasteiger partial charge in [-0.3, -0.25) is 0 Å². The van der Waals surface area contributed by atoms with Gasteiger partial charge in [-0.1, -0.05) is 70.9 Å². The Kier molecular flexibility index (Phi) is 9.82. The maximum Gasteiger partial charge on any atom is 0.333 e. The second-order valence-corrected chi connectivity index (χ2v) is 19.1. The van der Waals surface area contributed by atoms with Gasteiger partial charge in [0.15, 0.2) is 8.32 Å². The van der Waals surface area contributed by atoms with Gasteiger partial charge < -0.3 is 9.16 Å². The Hall–Kier alpha value is -1.13. The number of rotatable bonds is 7. The first-order chi connectivity index (χ1) is 17.2. The van der Waals surface area contributed by atoms with Crippen molar-refractivity contribution < 1.29 is 14.0 Å². The molecule has 4 heteroatoms. The van der Waals surface area contributed by atoms with E-state index in [1.807, 2.05) is 13.8 Å². The van der Waals surface area contributed by atoms with Crippen LogP contribution in [-0.4, -0.2) is 27.0 Å². The van der Waals surface area contributed by atoms with Gasteiger partial charge >= 0.3 is 5.97 Å². The number of hydrogen-bond donors (Lipinski definition) is 0. The topological polar surface area (TPSA) is 35.5 Å². The van der Waals surface area contributed by atoms with E-state index in [9.17, 15) is 4.79 Å². The minimum absolute atomic E-state index is 0.164. The zero-order valence-corrected chi connectivity index (χ0v) is 26.7. The normalized spacial score (nSPS) is 34.5. The average molecular weight is 529 g/mol. The fraction of sp³-hybridized carbons (Fsp3) is 0.788. The van der Waals surface area contributed by atoms with Gasteiger partial charge in [0, 0.05) is 11.7 Å². The van der Waals surface area contributed by atoms with Gasteiger partial charge in [0.25, 0.3) is 0 Å². The number of fused-ring (bicyclic) bond motifs is 1. The molecular formula is C33H56O3Si. The van der Waals surface area contributed by atoms with Gasteiger partial charge in [0.1, 0.15) is 0 Å². The van der Waals surface area contributed by atoms with Crippen LogP contribution in [0.3, 0.4) is 0 Å². The predicted octanol–water partition coefficient (Wildman–Crippen LogP) is 9.41. The molecule has 37 heavy (non-hydrogen) atoms. The van der Waals surface area contributed by atoms with E-state index < -0.39 is 8.32 Å². The summed E-state index contributed by atoms with van der Waals surface area (Å²) in [5.74, 6) is 2.21. The number of allylic oxidation sites excluding steroid dienone is 4. The molecule has 0 unspecified atom stereocenters. The van der Waals surface area contributed by atoms with Crippen molar-refractivity contribution in [2.24, 2.45) is 29.1 Å². The second-order valence-electron chi connectivity index (χ2n) is 14.3. The molecule has 0 aromatic carbocycles. The van der Waals surface area contributed by atoms with Crippen LogP contribution in [0, 0.1) is 29.1 Å². The standard InChI is InChI=1S/C33H56O3Si/c1-11-35-31(34)25(4)21-24(3)29-16-17-30-27(13-12-18-33(29,30)8)15-14-26-19-23(2)20-28(22-26)36-37(9,10)32(5,6)7/h14-15,21,23-24,28-30H,11-13,16-20,22H2,1-10H3/b25-21+,26-14-,27-15+/t23-,24-,28+,29-,30+,33-/m1/s1. The van der Waals surface area contributed by atoms with Crippen LogP contribution in [0.1, 0.15) is 107 Å². The fourth-order valence-corrected chi connectivity index (χ4v) is 8.82. The minimum atomic E-state index is -1.75. The lowest BCUT2D eigenvalue weighted by Gasteiger charge is -2.44. The summed E-state index contributed by atoms with van der Waals surface area (Å²) in [6.45, 7) is 23.3. The molecule has 0 bridgehead atoms. The third kappa shape index (κ3) is 7.09. The summed E-state index contributed by atoms with van der Waals surface area (Å²) in [5, 5.41) is 0.256. The Bertz CT molecular complexity index is 905. The van der Waals surface area contributed by atoms with E-state index in [2.05, 4.69) is 72.9 Å². The first kappa shape index (κ1) is 30.4. The van der Waals surface area contributed by atoms with E-state index in [1.54, 1.807) is 11.1 Å². The van der Waals surface area contributed by atoms with Crippen molar-refractivity contribution in [2.45, 2.75) is 131 Å². The van der Waals surface area contributed by atoms with Gasteiger partial charge in [0.2, 0.25) is 0 Å². The zero-order valence-electron chi connectivity index (χ0n) is 25.7. The Labute approximate surface area is 229 Å². The van der Waals surface area contributed by atoms with Crippen LogP contribution < -0.4 is 0 Å². The quantitative estimate of drug-likeness (QED) is 0.187. The molecule has 210 valence electrons. The van der Waals surface area contributed by atoms with Crippen molar-refractivity contribution in [3.8, 4) is 0 Å². The summed E-state index contributed by atoms with van der Waals surface area (Å²) in [7, 11) is -1.75. The summed E-state index contributed by atoms with van der Waals surface area (Å²) in [4.78, 5) is 12.2. The molecule has 3 saturated carbocycles. The largest absolute Gasteiger partial charge is 0.463 e. The Balaban J connectivity index is 1.74. The lowest BCUT2D eigenvalue weighted by atomic mass is 9.61. The van der Waals surface area contributed by atoms with Crippen molar-refractivity contribution in [1.29, 1.82) is 0 Å². The van der Waals surface area contributed by atoms with Crippen LogP contribution in [0.15, 0.2) is 34.9 Å². The highest BCUT2D eigenvalue weighted by atomic mass is 28.4. The van der Waals surface area contributed by atoms with Crippen LogP contribution >= 0.6 is 0 Å². The Morgan fingerprint density at radius 1 is 1.19 bits per heavy atom. The lowest BCUT2D eigenvalue weighted by molar-refractivity contribution is -0.138. The highest BCUT2D eigenvalue weighted by Gasteiger charge is 2.50. The molecule has 0 aliphatic heterocycles. The van der Waals surface area contributed by atoms with Crippen LogP contribution in [0.25, 0.3) is 0 Å². The molecule has 0 aromatic heterocycles. The maximum atomic E-state index is 12.2. The molecule has 0 radical (unpaired) electrons. The van der Waals surface area contributed by atoms with E-state index in [-0.39, 0.29) is 11.0 Å². The first-order valence-electron chi connectivity index (χ1n) is 15.1. The summed E-state index contributed by atoms with van der Waals surface area (Å²) in [6.07, 6.45) is 17.4. The van der Waals surface area contributed by atoms with Crippen molar-refractivity contribution in [1.82, 2.24) is 0 Å². The third-order valence-electron chi connectivity index (χ3n) is 10.3. The molecule has 3 nitrogen and oxygen atoms in total. The number of ether oxygens (including phenoxy) is 1. The molecule has 3 rings (SSSR count). The summed E-state index contributed by atoms with van der Waals surface area (Å²) >= 11 is 0. The van der Waals surface area contributed by atoms with Gasteiger partial charge in [-0.15, -0.1) is 0 Å². The lowest BCUT2D eigenvalue weighted by Crippen LogP contribution is -2.45. The van der Waals surface area contributed by atoms with Crippen molar-refractivity contribution in [3.63, 3.8) is 0 Å². The number of carbonyl (C=O) groups excluding carboxylic acids is 1. The highest BCUT2D eigenvalue weighted by molar-refractivity contribution is 6.74. The van der Waals surface area contributed by atoms with Crippen molar-refractivity contribution in [2.75, 3.05) is 6.61 Å². The maximum absolute atomic E-state index is 12.2. The summed E-state index contributed by atoms with van der Waals surface area (Å²) < 4.78 is 12.1. The predicted molar refractivity (Wildman–Crippen MR) is 159 cm³/mol. The van der Waals surface area contributed by atoms with Crippen LogP contribution in [0.4, 0.5) is 0 Å². The average Bonchev–Trinajstić information content (AvgIpc) is 3.14. The highest BCUT2D eigenvalue weighted by Crippen LogP contribution is 2.59. The monoisotopic (exact) mass is 528 g/mol. The number of hydrogen-bond acceptors (Lipinski definition) is 3. The van der Waals surface area contributed by atoms with Crippen molar-refractivity contribution >= 4 is 14.3 Å². The van der Waals surface area contributed by atoms with Gasteiger partial charge in [-0.05, 0) is 112 Å². The van der Waals surface area contributed by atoms with E-state index >= 15 is 0 Å². The Morgan fingerprint density at radius 3 is 2.54 bits per heavy atom. The van der Waals surface area contributed by atoms with Crippen LogP contribution in [-0.2, 0) is 14.0 Å². The molecule has 0 saturated heterocycles. The van der Waals surface area contributed by atoms with Crippen LogP contribution in [0.2, 0.25) is 18.1 Å².